The highest BCUT2D eigenvalue weighted by molar-refractivity contribution is 5.20. The standard InChI is InChI=1S/C9H11N3O/c10-4-3-8-11-5-6-12(8)9-2-1-7-13-9/h1-2,5-7H,3-4,10H2. The summed E-state index contributed by atoms with van der Waals surface area (Å²) in [6.45, 7) is 0.595. The van der Waals surface area contributed by atoms with E-state index in [0.717, 1.165) is 18.1 Å². The van der Waals surface area contributed by atoms with E-state index in [9.17, 15) is 0 Å². The Hall–Kier alpha value is -1.55. The van der Waals surface area contributed by atoms with Crippen molar-refractivity contribution in [3.05, 3.63) is 36.6 Å². The van der Waals surface area contributed by atoms with Gasteiger partial charge in [-0.05, 0) is 12.6 Å². The van der Waals surface area contributed by atoms with E-state index in [1.165, 1.54) is 0 Å². The molecule has 0 amide bonds. The molecule has 0 saturated carbocycles. The largest absolute Gasteiger partial charge is 0.448 e. The first-order valence-corrected chi connectivity index (χ1v) is 4.18. The molecule has 2 rings (SSSR count). The van der Waals surface area contributed by atoms with Gasteiger partial charge in [0, 0.05) is 24.9 Å². The van der Waals surface area contributed by atoms with Crippen LogP contribution >= 0.6 is 0 Å². The summed E-state index contributed by atoms with van der Waals surface area (Å²) in [5, 5.41) is 0. The lowest BCUT2D eigenvalue weighted by molar-refractivity contribution is 0.532. The van der Waals surface area contributed by atoms with E-state index in [1.54, 1.807) is 12.5 Å². The average molecular weight is 177 g/mol. The van der Waals surface area contributed by atoms with Crippen LogP contribution in [0.15, 0.2) is 35.2 Å². The highest BCUT2D eigenvalue weighted by Crippen LogP contribution is 2.10. The molecule has 0 unspecified atom stereocenters. The molecule has 2 N–H and O–H groups in total. The van der Waals surface area contributed by atoms with E-state index in [4.69, 9.17) is 10.2 Å². The fourth-order valence-electron chi connectivity index (χ4n) is 1.26. The number of aromatic nitrogens is 2. The number of nitrogens with zero attached hydrogens (tertiary/aromatic N) is 2. The van der Waals surface area contributed by atoms with Crippen molar-refractivity contribution >= 4 is 0 Å². The first-order valence-electron chi connectivity index (χ1n) is 4.18. The zero-order chi connectivity index (χ0) is 9.10. The lowest BCUT2D eigenvalue weighted by atomic mass is 10.4. The lowest BCUT2D eigenvalue weighted by Gasteiger charge is -2.01. The van der Waals surface area contributed by atoms with Gasteiger partial charge in [0.2, 0.25) is 5.88 Å². The summed E-state index contributed by atoms with van der Waals surface area (Å²) in [4.78, 5) is 4.18. The minimum Gasteiger partial charge on any atom is -0.448 e. The first-order chi connectivity index (χ1) is 6.42. The Morgan fingerprint density at radius 2 is 2.46 bits per heavy atom. The normalized spacial score (nSPS) is 10.5. The predicted molar refractivity (Wildman–Crippen MR) is 48.6 cm³/mol. The van der Waals surface area contributed by atoms with Crippen LogP contribution in [0.4, 0.5) is 0 Å². The third-order valence-electron chi connectivity index (χ3n) is 1.83. The minimum absolute atomic E-state index is 0.595. The molecule has 0 aliphatic heterocycles. The summed E-state index contributed by atoms with van der Waals surface area (Å²) in [7, 11) is 0. The van der Waals surface area contributed by atoms with Gasteiger partial charge in [-0.15, -0.1) is 0 Å². The smallest absolute Gasteiger partial charge is 0.204 e. The fourth-order valence-corrected chi connectivity index (χ4v) is 1.26. The molecule has 0 fully saturated rings. The summed E-state index contributed by atoms with van der Waals surface area (Å²) in [6.07, 6.45) is 6.01. The van der Waals surface area contributed by atoms with Gasteiger partial charge in [0.1, 0.15) is 5.82 Å². The molecule has 4 nitrogen and oxygen atoms in total. The lowest BCUT2D eigenvalue weighted by Crippen LogP contribution is -2.08. The molecule has 68 valence electrons. The zero-order valence-corrected chi connectivity index (χ0v) is 7.18. The molecule has 2 aromatic rings. The van der Waals surface area contributed by atoms with Crippen LogP contribution in [0.5, 0.6) is 0 Å². The molecule has 0 aliphatic carbocycles. The van der Waals surface area contributed by atoms with Gasteiger partial charge in [0.05, 0.1) is 6.26 Å². The van der Waals surface area contributed by atoms with Gasteiger partial charge in [0.15, 0.2) is 0 Å². The number of nitrogens with two attached hydrogens (primary N) is 1. The Labute approximate surface area is 76.0 Å². The molecule has 0 atom stereocenters. The third-order valence-corrected chi connectivity index (χ3v) is 1.83. The van der Waals surface area contributed by atoms with Gasteiger partial charge < -0.3 is 10.2 Å². The minimum atomic E-state index is 0.595. The molecule has 0 aliphatic rings. The van der Waals surface area contributed by atoms with Crippen LogP contribution in [-0.4, -0.2) is 16.1 Å². The number of hydrogen-bond donors (Lipinski definition) is 1. The Bertz CT molecular complexity index is 364. The van der Waals surface area contributed by atoms with Crippen LogP contribution in [0.3, 0.4) is 0 Å². The highest BCUT2D eigenvalue weighted by Gasteiger charge is 2.04. The van der Waals surface area contributed by atoms with E-state index in [-0.39, 0.29) is 0 Å². The zero-order valence-electron chi connectivity index (χ0n) is 7.18. The maximum atomic E-state index is 5.46. The van der Waals surface area contributed by atoms with Crippen LogP contribution < -0.4 is 5.73 Å². The van der Waals surface area contributed by atoms with Gasteiger partial charge in [-0.1, -0.05) is 0 Å². The monoisotopic (exact) mass is 177 g/mol. The Balaban J connectivity index is 2.35. The van der Waals surface area contributed by atoms with Crippen molar-refractivity contribution in [2.24, 2.45) is 5.73 Å². The van der Waals surface area contributed by atoms with Crippen LogP contribution in [-0.2, 0) is 6.42 Å². The number of rotatable bonds is 3. The topological polar surface area (TPSA) is 57.0 Å². The Morgan fingerprint density at radius 3 is 3.15 bits per heavy atom. The van der Waals surface area contributed by atoms with Gasteiger partial charge >= 0.3 is 0 Å². The van der Waals surface area contributed by atoms with E-state index >= 15 is 0 Å². The maximum Gasteiger partial charge on any atom is 0.204 e. The van der Waals surface area contributed by atoms with Gasteiger partial charge in [-0.2, -0.15) is 0 Å². The van der Waals surface area contributed by atoms with Crippen LogP contribution in [0.25, 0.3) is 5.88 Å². The van der Waals surface area contributed by atoms with E-state index in [2.05, 4.69) is 4.98 Å². The van der Waals surface area contributed by atoms with Crippen molar-refractivity contribution in [2.45, 2.75) is 6.42 Å². The fraction of sp³-hybridized carbons (Fsp3) is 0.222. The molecular formula is C9H11N3O. The Morgan fingerprint density at radius 1 is 1.54 bits per heavy atom. The second-order valence-electron chi connectivity index (χ2n) is 2.70. The molecule has 2 aromatic heterocycles. The second kappa shape index (κ2) is 3.45. The molecule has 0 bridgehead atoms. The number of imidazole rings is 1. The SMILES string of the molecule is NCCc1nccn1-c1ccco1. The summed E-state index contributed by atoms with van der Waals surface area (Å²) in [6, 6.07) is 3.74. The summed E-state index contributed by atoms with van der Waals surface area (Å²) in [5.41, 5.74) is 5.46. The van der Waals surface area contributed by atoms with Gasteiger partial charge in [0.25, 0.3) is 0 Å². The van der Waals surface area contributed by atoms with Gasteiger partial charge in [-0.3, -0.25) is 4.57 Å². The molecule has 0 radical (unpaired) electrons. The van der Waals surface area contributed by atoms with Crippen molar-refractivity contribution < 1.29 is 4.42 Å². The molecule has 13 heavy (non-hydrogen) atoms. The van der Waals surface area contributed by atoms with Gasteiger partial charge in [-0.25, -0.2) is 4.98 Å². The van der Waals surface area contributed by atoms with Crippen LogP contribution in [0.1, 0.15) is 5.82 Å². The third kappa shape index (κ3) is 1.48. The molecule has 4 heteroatoms. The van der Waals surface area contributed by atoms with E-state index in [0.29, 0.717) is 6.54 Å². The van der Waals surface area contributed by atoms with E-state index < -0.39 is 0 Å². The second-order valence-corrected chi connectivity index (χ2v) is 2.70. The molecular weight excluding hydrogens is 166 g/mol. The molecule has 0 spiro atoms. The summed E-state index contributed by atoms with van der Waals surface area (Å²) < 4.78 is 7.14. The average Bonchev–Trinajstić information content (AvgIpc) is 2.71. The summed E-state index contributed by atoms with van der Waals surface area (Å²) in [5.74, 6) is 1.71. The maximum absolute atomic E-state index is 5.46. The van der Waals surface area contributed by atoms with Crippen molar-refractivity contribution in [3.63, 3.8) is 0 Å². The van der Waals surface area contributed by atoms with Crippen molar-refractivity contribution in [3.8, 4) is 5.88 Å². The number of hydrogen-bond acceptors (Lipinski definition) is 3. The quantitative estimate of drug-likeness (QED) is 0.759. The Kier molecular flexibility index (Phi) is 2.14. The van der Waals surface area contributed by atoms with E-state index in [1.807, 2.05) is 22.9 Å². The predicted octanol–water partition coefficient (Wildman–Crippen LogP) is 0.966. The molecule has 0 aromatic carbocycles. The number of furan rings is 1. The van der Waals surface area contributed by atoms with Crippen molar-refractivity contribution in [1.82, 2.24) is 9.55 Å². The first kappa shape index (κ1) is 8.07. The molecule has 0 saturated heterocycles. The van der Waals surface area contributed by atoms with Crippen LogP contribution in [0, 0.1) is 0 Å². The van der Waals surface area contributed by atoms with Crippen molar-refractivity contribution in [1.29, 1.82) is 0 Å². The van der Waals surface area contributed by atoms with Crippen LogP contribution in [0.2, 0.25) is 0 Å². The highest BCUT2D eigenvalue weighted by atomic mass is 16.3. The summed E-state index contributed by atoms with van der Waals surface area (Å²) >= 11 is 0. The van der Waals surface area contributed by atoms with Crippen molar-refractivity contribution in [2.75, 3.05) is 6.54 Å². The molecule has 2 heterocycles.